The molecule has 3 nitrogen and oxygen atoms in total. The number of carbonyl (C=O) groups excluding carboxylic acids is 1. The van der Waals surface area contributed by atoms with E-state index in [4.69, 9.17) is 17.3 Å². The van der Waals surface area contributed by atoms with E-state index in [1.807, 2.05) is 0 Å². The number of benzene rings is 1. The summed E-state index contributed by atoms with van der Waals surface area (Å²) in [6, 6.07) is 6.18. The number of nitrogens with two attached hydrogens (primary N) is 1. The van der Waals surface area contributed by atoms with Gasteiger partial charge in [-0.3, -0.25) is 0 Å². The Kier molecular flexibility index (Phi) is 4.47. The van der Waals surface area contributed by atoms with Crippen molar-refractivity contribution in [3.8, 4) is 0 Å². The molecule has 0 atom stereocenters. The summed E-state index contributed by atoms with van der Waals surface area (Å²) in [5.41, 5.74) is 5.48. The fourth-order valence-corrected chi connectivity index (χ4v) is 0.899. The lowest BCUT2D eigenvalue weighted by atomic mass is 10.3. The first-order chi connectivity index (χ1) is 5.18. The van der Waals surface area contributed by atoms with Crippen LogP contribution in [0.5, 0.6) is 0 Å². The van der Waals surface area contributed by atoms with E-state index in [2.05, 4.69) is 5.32 Å². The molecule has 0 aromatic heterocycles. The number of halogens is 2. The van der Waals surface area contributed by atoms with Crippen molar-refractivity contribution in [1.29, 1.82) is 0 Å². The number of anilines is 1. The van der Waals surface area contributed by atoms with Crippen LogP contribution in [-0.2, 0) is 0 Å². The quantitative estimate of drug-likeness (QED) is 0.728. The van der Waals surface area contributed by atoms with Gasteiger partial charge in [0.25, 0.3) is 0 Å². The second-order valence-corrected chi connectivity index (χ2v) is 2.44. The zero-order chi connectivity index (χ0) is 8.27. The number of hydrogen-bond donors (Lipinski definition) is 2. The number of hydrogen-bond acceptors (Lipinski definition) is 1. The minimum Gasteiger partial charge on any atom is -0.351 e. The van der Waals surface area contributed by atoms with Crippen LogP contribution in [0.1, 0.15) is 0 Å². The molecule has 0 spiro atoms. The van der Waals surface area contributed by atoms with Gasteiger partial charge in [0.1, 0.15) is 0 Å². The van der Waals surface area contributed by atoms with Crippen LogP contribution in [-0.4, -0.2) is 6.03 Å². The number of nitrogens with one attached hydrogen (secondary N) is 1. The van der Waals surface area contributed by atoms with Gasteiger partial charge in [-0.05, 0) is 18.2 Å². The van der Waals surface area contributed by atoms with Gasteiger partial charge in [-0.15, -0.1) is 12.4 Å². The Labute approximate surface area is 81.3 Å². The normalized spacial score (nSPS) is 8.42. The number of urea groups is 1. The van der Waals surface area contributed by atoms with Crippen molar-refractivity contribution >= 4 is 35.7 Å². The Bertz CT molecular complexity index is 278. The Morgan fingerprint density at radius 2 is 2.17 bits per heavy atom. The molecule has 5 heteroatoms. The summed E-state index contributed by atoms with van der Waals surface area (Å²) in [6.07, 6.45) is 0. The van der Waals surface area contributed by atoms with Crippen LogP contribution in [0, 0.1) is 0 Å². The van der Waals surface area contributed by atoms with Crippen LogP contribution in [0.3, 0.4) is 0 Å². The smallest absolute Gasteiger partial charge is 0.316 e. The number of rotatable bonds is 1. The third-order valence-electron chi connectivity index (χ3n) is 1.09. The molecular formula is C7H8Cl2N2O. The topological polar surface area (TPSA) is 55.1 Å². The van der Waals surface area contributed by atoms with Gasteiger partial charge in [0.2, 0.25) is 0 Å². The van der Waals surface area contributed by atoms with Crippen molar-refractivity contribution < 1.29 is 4.79 Å². The van der Waals surface area contributed by atoms with E-state index in [0.29, 0.717) is 10.7 Å². The summed E-state index contributed by atoms with van der Waals surface area (Å²) in [6.45, 7) is 0. The maximum atomic E-state index is 10.3. The summed E-state index contributed by atoms with van der Waals surface area (Å²) in [5, 5.41) is 2.97. The van der Waals surface area contributed by atoms with Gasteiger partial charge in [-0.1, -0.05) is 17.7 Å². The third kappa shape index (κ3) is 3.46. The maximum absolute atomic E-state index is 10.3. The van der Waals surface area contributed by atoms with Crippen LogP contribution in [0.2, 0.25) is 5.02 Å². The molecular weight excluding hydrogens is 199 g/mol. The Balaban J connectivity index is 0.00000121. The van der Waals surface area contributed by atoms with Gasteiger partial charge in [0, 0.05) is 10.7 Å². The summed E-state index contributed by atoms with van der Waals surface area (Å²) in [4.78, 5) is 10.3. The van der Waals surface area contributed by atoms with Crippen LogP contribution < -0.4 is 11.1 Å². The summed E-state index contributed by atoms with van der Waals surface area (Å²) >= 11 is 5.64. The largest absolute Gasteiger partial charge is 0.351 e. The highest BCUT2D eigenvalue weighted by Crippen LogP contribution is 2.14. The molecule has 0 aliphatic carbocycles. The molecule has 2 amide bonds. The predicted molar refractivity (Wildman–Crippen MR) is 51.9 cm³/mol. The molecule has 1 aromatic rings. The predicted octanol–water partition coefficient (Wildman–Crippen LogP) is 2.25. The van der Waals surface area contributed by atoms with Gasteiger partial charge in [-0.2, -0.15) is 0 Å². The van der Waals surface area contributed by atoms with Crippen molar-refractivity contribution in [2.24, 2.45) is 5.73 Å². The molecule has 0 unspecified atom stereocenters. The van der Waals surface area contributed by atoms with Gasteiger partial charge in [0.05, 0.1) is 0 Å². The monoisotopic (exact) mass is 206 g/mol. The molecule has 0 heterocycles. The second kappa shape index (κ2) is 4.85. The molecule has 12 heavy (non-hydrogen) atoms. The molecule has 1 rings (SSSR count). The fourth-order valence-electron chi connectivity index (χ4n) is 0.708. The first kappa shape index (κ1) is 11.1. The molecule has 0 saturated heterocycles. The van der Waals surface area contributed by atoms with E-state index < -0.39 is 6.03 Å². The lowest BCUT2D eigenvalue weighted by Crippen LogP contribution is -2.19. The highest BCUT2D eigenvalue weighted by Gasteiger charge is 1.94. The van der Waals surface area contributed by atoms with Crippen molar-refractivity contribution in [3.05, 3.63) is 29.3 Å². The Hall–Kier alpha value is -0.930. The summed E-state index contributed by atoms with van der Waals surface area (Å²) in [7, 11) is 0. The fraction of sp³-hybridized carbons (Fsp3) is 0. The van der Waals surface area contributed by atoms with Gasteiger partial charge < -0.3 is 11.1 Å². The minimum absolute atomic E-state index is 0. The molecule has 0 saturated carbocycles. The van der Waals surface area contributed by atoms with E-state index in [1.165, 1.54) is 0 Å². The molecule has 3 N–H and O–H groups in total. The standard InChI is InChI=1S/C7H7ClN2O.ClH/c8-5-2-1-3-6(4-5)10-7(9)11;/h1-4H,(H3,9,10,11);1H. The first-order valence-electron chi connectivity index (χ1n) is 3.00. The first-order valence-corrected chi connectivity index (χ1v) is 3.38. The molecule has 66 valence electrons. The maximum Gasteiger partial charge on any atom is 0.316 e. The number of amides is 2. The lowest BCUT2D eigenvalue weighted by Gasteiger charge is -1.99. The molecule has 1 aromatic carbocycles. The van der Waals surface area contributed by atoms with Crippen molar-refractivity contribution in [2.45, 2.75) is 0 Å². The Morgan fingerprint density at radius 3 is 2.67 bits per heavy atom. The average molecular weight is 207 g/mol. The molecule has 0 aliphatic heterocycles. The van der Waals surface area contributed by atoms with Gasteiger partial charge in [0.15, 0.2) is 0 Å². The van der Waals surface area contributed by atoms with Crippen LogP contribution in [0.4, 0.5) is 10.5 Å². The number of primary amides is 1. The van der Waals surface area contributed by atoms with Gasteiger partial charge >= 0.3 is 6.03 Å². The van der Waals surface area contributed by atoms with Crippen LogP contribution in [0.15, 0.2) is 24.3 Å². The Morgan fingerprint density at radius 1 is 1.50 bits per heavy atom. The van der Waals surface area contributed by atoms with Crippen LogP contribution in [0.25, 0.3) is 0 Å². The van der Waals surface area contributed by atoms with Gasteiger partial charge in [-0.25, -0.2) is 4.79 Å². The minimum atomic E-state index is -0.590. The molecule has 0 radical (unpaired) electrons. The third-order valence-corrected chi connectivity index (χ3v) is 1.33. The highest BCUT2D eigenvalue weighted by molar-refractivity contribution is 6.30. The summed E-state index contributed by atoms with van der Waals surface area (Å²) in [5.74, 6) is 0. The van der Waals surface area contributed by atoms with E-state index in [9.17, 15) is 4.79 Å². The van der Waals surface area contributed by atoms with E-state index >= 15 is 0 Å². The molecule has 0 bridgehead atoms. The van der Waals surface area contributed by atoms with Crippen LogP contribution >= 0.6 is 24.0 Å². The zero-order valence-electron chi connectivity index (χ0n) is 6.08. The number of carbonyl (C=O) groups is 1. The average Bonchev–Trinajstić information content (AvgIpc) is 1.85. The van der Waals surface area contributed by atoms with E-state index in [-0.39, 0.29) is 12.4 Å². The zero-order valence-corrected chi connectivity index (χ0v) is 7.65. The lowest BCUT2D eigenvalue weighted by molar-refractivity contribution is 0.259. The molecule has 0 fully saturated rings. The summed E-state index contributed by atoms with van der Waals surface area (Å²) < 4.78 is 0. The second-order valence-electron chi connectivity index (χ2n) is 2.00. The van der Waals surface area contributed by atoms with E-state index in [1.54, 1.807) is 24.3 Å². The van der Waals surface area contributed by atoms with Crippen molar-refractivity contribution in [1.82, 2.24) is 0 Å². The highest BCUT2D eigenvalue weighted by atomic mass is 35.5. The van der Waals surface area contributed by atoms with Crippen molar-refractivity contribution in [3.63, 3.8) is 0 Å². The van der Waals surface area contributed by atoms with E-state index in [0.717, 1.165) is 0 Å². The SMILES string of the molecule is Cl.NC(=O)Nc1cccc(Cl)c1. The van der Waals surface area contributed by atoms with Crippen molar-refractivity contribution in [2.75, 3.05) is 5.32 Å². The molecule has 0 aliphatic rings.